The molecular weight excluding hydrogens is 563 g/mol. The molecule has 0 aliphatic carbocycles. The number of benzene rings is 1. The van der Waals surface area contributed by atoms with Crippen molar-refractivity contribution in [1.29, 1.82) is 0 Å². The van der Waals surface area contributed by atoms with E-state index in [1.165, 1.54) is 89.0 Å². The van der Waals surface area contributed by atoms with Crippen molar-refractivity contribution in [3.05, 3.63) is 29.8 Å². The van der Waals surface area contributed by atoms with Crippen molar-refractivity contribution >= 4 is 19.4 Å². The van der Waals surface area contributed by atoms with Crippen molar-refractivity contribution in [1.82, 2.24) is 0 Å². The summed E-state index contributed by atoms with van der Waals surface area (Å²) in [4.78, 5) is 23.6. The number of rotatable bonds is 29. The monoisotopic (exact) mass is 626 g/mol. The molecule has 1 aromatic carbocycles. The van der Waals surface area contributed by atoms with E-state index in [0.717, 1.165) is 37.8 Å². The molecule has 1 atom stereocenters. The van der Waals surface area contributed by atoms with E-state index < -0.39 is 7.82 Å². The van der Waals surface area contributed by atoms with Crippen LogP contribution in [0.25, 0.3) is 0 Å². The maximum Gasteiger partial charge on any atom is 0.268 e. The van der Waals surface area contributed by atoms with Gasteiger partial charge in [-0.25, -0.2) is 0 Å². The fourth-order valence-electron chi connectivity index (χ4n) is 4.92. The number of hydrogen-bond donors (Lipinski definition) is 2. The molecule has 1 rings (SSSR count). The molecule has 1 amide bonds. The van der Waals surface area contributed by atoms with Gasteiger partial charge < -0.3 is 28.8 Å². The Morgan fingerprint density at radius 1 is 0.721 bits per heavy atom. The van der Waals surface area contributed by atoms with Crippen LogP contribution in [0, 0.1) is 0 Å². The molecule has 0 saturated carbocycles. The van der Waals surface area contributed by atoms with Gasteiger partial charge in [0.1, 0.15) is 13.2 Å². The molecule has 0 saturated heterocycles. The lowest BCUT2D eigenvalue weighted by atomic mass is 10.0. The van der Waals surface area contributed by atoms with Crippen molar-refractivity contribution in [2.45, 2.75) is 128 Å². The quantitative estimate of drug-likeness (QED) is 0.0534. The molecule has 2 N–H and O–H groups in total. The molecule has 0 bridgehead atoms. The number of quaternary nitrogens is 1. The number of aliphatic hydroxyl groups is 1. The minimum Gasteiger partial charge on any atom is -0.756 e. The van der Waals surface area contributed by atoms with Crippen LogP contribution in [0.4, 0.5) is 5.69 Å². The number of nitrogens with one attached hydrogen (secondary N) is 1. The summed E-state index contributed by atoms with van der Waals surface area (Å²) in [6.07, 6.45) is 22.8. The molecule has 1 unspecified atom stereocenters. The third kappa shape index (κ3) is 25.7. The van der Waals surface area contributed by atoms with E-state index in [0.29, 0.717) is 23.9 Å². The van der Waals surface area contributed by atoms with Gasteiger partial charge in [0.25, 0.3) is 7.82 Å². The number of phosphoric ester groups is 1. The zero-order valence-electron chi connectivity index (χ0n) is 27.7. The van der Waals surface area contributed by atoms with Crippen LogP contribution in [-0.4, -0.2) is 63.0 Å². The Morgan fingerprint density at radius 3 is 1.67 bits per heavy atom. The van der Waals surface area contributed by atoms with Crippen molar-refractivity contribution in [3.8, 4) is 0 Å². The van der Waals surface area contributed by atoms with Crippen LogP contribution >= 0.6 is 7.82 Å². The number of likely N-dealkylation sites (N-methyl/N-ethyl adjacent to an activating group) is 1. The zero-order valence-corrected chi connectivity index (χ0v) is 28.6. The van der Waals surface area contributed by atoms with Crippen molar-refractivity contribution in [3.63, 3.8) is 0 Å². The molecule has 0 aliphatic rings. The largest absolute Gasteiger partial charge is 0.756 e. The van der Waals surface area contributed by atoms with Crippen LogP contribution in [0.15, 0.2) is 24.3 Å². The molecule has 9 heteroatoms. The topological polar surface area (TPSA) is 108 Å². The van der Waals surface area contributed by atoms with E-state index >= 15 is 0 Å². The fourth-order valence-corrected chi connectivity index (χ4v) is 5.65. The minimum absolute atomic E-state index is 0.0131. The predicted octanol–water partition coefficient (Wildman–Crippen LogP) is 7.78. The molecule has 0 aromatic heterocycles. The molecule has 0 heterocycles. The lowest BCUT2D eigenvalue weighted by Gasteiger charge is -2.27. The van der Waals surface area contributed by atoms with Crippen LogP contribution in [0.3, 0.4) is 0 Å². The van der Waals surface area contributed by atoms with Gasteiger partial charge in [-0.15, -0.1) is 0 Å². The van der Waals surface area contributed by atoms with Crippen LogP contribution in [0.2, 0.25) is 0 Å². The number of hydrogen-bond acceptors (Lipinski definition) is 6. The highest BCUT2D eigenvalue weighted by molar-refractivity contribution is 7.45. The lowest BCUT2D eigenvalue weighted by Crippen LogP contribution is -2.37. The lowest BCUT2D eigenvalue weighted by molar-refractivity contribution is -0.870. The van der Waals surface area contributed by atoms with Crippen LogP contribution in [0.1, 0.15) is 128 Å². The maximum absolute atomic E-state index is 11.9. The Balaban J connectivity index is 1.83. The Kier molecular flexibility index (Phi) is 23.1. The predicted molar refractivity (Wildman–Crippen MR) is 176 cm³/mol. The number of aliphatic hydroxyl groups excluding tert-OH is 1. The minimum atomic E-state index is -4.16. The first-order valence-electron chi connectivity index (χ1n) is 17.0. The highest BCUT2D eigenvalue weighted by Crippen LogP contribution is 2.38. The van der Waals surface area contributed by atoms with E-state index in [2.05, 4.69) is 17.4 Å². The Hall–Kier alpha value is -1.28. The summed E-state index contributed by atoms with van der Waals surface area (Å²) >= 11 is 0. The molecule has 43 heavy (non-hydrogen) atoms. The van der Waals surface area contributed by atoms with Gasteiger partial charge >= 0.3 is 0 Å². The normalized spacial score (nSPS) is 13.2. The van der Waals surface area contributed by atoms with Gasteiger partial charge in [0, 0.05) is 18.7 Å². The molecule has 0 radical (unpaired) electrons. The summed E-state index contributed by atoms with van der Waals surface area (Å²) in [5.74, 6) is 0.0131. The van der Waals surface area contributed by atoms with Gasteiger partial charge in [0.15, 0.2) is 0 Å². The van der Waals surface area contributed by atoms with Crippen LogP contribution in [0.5, 0.6) is 0 Å². The van der Waals surface area contributed by atoms with E-state index in [1.54, 1.807) is 0 Å². The molecule has 1 aromatic rings. The summed E-state index contributed by atoms with van der Waals surface area (Å²) in [6.45, 7) is 1.13. The summed E-state index contributed by atoms with van der Waals surface area (Å²) in [6, 6.07) is 8.21. The average Bonchev–Trinajstić information content (AvgIpc) is 2.94. The van der Waals surface area contributed by atoms with Crippen molar-refractivity contribution < 1.29 is 32.9 Å². The number of carbonyl (C=O) groups excluding carboxylic acids is 1. The molecule has 250 valence electrons. The first-order valence-corrected chi connectivity index (χ1v) is 18.5. The number of unbranched alkanes of at least 4 members (excludes halogenated alkanes) is 16. The number of anilines is 1. The standard InChI is InChI=1S/C34H63N2O6P/c1-36(2,3)28-31-42-43(39,40)41-30-21-17-15-13-11-9-7-5-4-6-8-10-12-14-16-18-22-32-24-26-33(27-25-32)35-34(38)23-19-20-29-37/h24-27,37H,4-23,28-31H2,1-3H3,(H-,35,38,39,40). The second-order valence-corrected chi connectivity index (χ2v) is 14.4. The van der Waals surface area contributed by atoms with E-state index in [9.17, 15) is 14.3 Å². The van der Waals surface area contributed by atoms with Crippen molar-refractivity contribution in [2.75, 3.05) is 52.8 Å². The maximum atomic E-state index is 11.9. The van der Waals surface area contributed by atoms with Crippen LogP contribution in [-0.2, 0) is 24.8 Å². The SMILES string of the molecule is C[N+](C)(C)CCOP(=O)([O-])OCCCCCCCCCCCCCCCCCCc1ccc(NC(=O)CCCCO)cc1. The summed E-state index contributed by atoms with van der Waals surface area (Å²) in [5.41, 5.74) is 2.18. The second kappa shape index (κ2) is 25.0. The average molecular weight is 627 g/mol. The molecule has 0 spiro atoms. The van der Waals surface area contributed by atoms with Gasteiger partial charge in [0.2, 0.25) is 5.91 Å². The number of phosphoric acid groups is 1. The van der Waals surface area contributed by atoms with Gasteiger partial charge in [-0.05, 0) is 49.8 Å². The highest BCUT2D eigenvalue weighted by Gasteiger charge is 2.13. The van der Waals surface area contributed by atoms with Crippen molar-refractivity contribution in [2.24, 2.45) is 0 Å². The van der Waals surface area contributed by atoms with Gasteiger partial charge in [-0.1, -0.05) is 102 Å². The summed E-state index contributed by atoms with van der Waals surface area (Å²) in [5, 5.41) is 11.7. The molecule has 8 nitrogen and oxygen atoms in total. The summed E-state index contributed by atoms with van der Waals surface area (Å²) in [7, 11) is 1.81. The number of nitrogens with zero attached hydrogens (tertiary/aromatic N) is 1. The number of carbonyl (C=O) groups is 1. The molecule has 0 fully saturated rings. The van der Waals surface area contributed by atoms with Gasteiger partial charge in [0.05, 0.1) is 27.7 Å². The Bertz CT molecular complexity index is 859. The Labute approximate surface area is 263 Å². The van der Waals surface area contributed by atoms with Gasteiger partial charge in [-0.2, -0.15) is 0 Å². The zero-order chi connectivity index (χ0) is 31.7. The molecular formula is C34H63N2O6P. The van der Waals surface area contributed by atoms with E-state index in [4.69, 9.17) is 14.2 Å². The Morgan fingerprint density at radius 2 is 1.19 bits per heavy atom. The summed E-state index contributed by atoms with van der Waals surface area (Å²) < 4.78 is 22.3. The van der Waals surface area contributed by atoms with E-state index in [1.807, 2.05) is 33.3 Å². The second-order valence-electron chi connectivity index (χ2n) is 13.0. The van der Waals surface area contributed by atoms with E-state index in [-0.39, 0.29) is 25.7 Å². The highest BCUT2D eigenvalue weighted by atomic mass is 31.2. The van der Waals surface area contributed by atoms with Crippen LogP contribution < -0.4 is 10.2 Å². The van der Waals surface area contributed by atoms with Gasteiger partial charge in [-0.3, -0.25) is 9.36 Å². The third-order valence-corrected chi connectivity index (χ3v) is 8.67. The smallest absolute Gasteiger partial charge is 0.268 e. The first kappa shape index (κ1) is 39.7. The molecule has 0 aliphatic heterocycles. The first-order chi connectivity index (χ1) is 20.6. The third-order valence-electron chi connectivity index (χ3n) is 7.67. The number of amides is 1. The number of aryl methyl sites for hydroxylation is 1. The fraction of sp³-hybridized carbons (Fsp3) is 0.794.